The van der Waals surface area contributed by atoms with Crippen LogP contribution in [0.3, 0.4) is 0 Å². The van der Waals surface area contributed by atoms with Gasteiger partial charge in [-0.2, -0.15) is 11.8 Å². The molecule has 1 heterocycles. The number of thioether (sulfide) groups is 1. The summed E-state index contributed by atoms with van der Waals surface area (Å²) in [5, 5.41) is 20.9. The lowest BCUT2D eigenvalue weighted by molar-refractivity contribution is -0.141. The van der Waals surface area contributed by atoms with Crippen molar-refractivity contribution in [3.63, 3.8) is 0 Å². The van der Waals surface area contributed by atoms with Crippen molar-refractivity contribution in [1.82, 2.24) is 4.90 Å². The molecule has 0 aromatic rings. The molecule has 29 heavy (non-hydrogen) atoms. The predicted octanol–water partition coefficient (Wildman–Crippen LogP) is 2.98. The number of hydrogen-bond donors (Lipinski definition) is 2. The molecule has 4 aliphatic rings. The second-order valence-corrected chi connectivity index (χ2v) is 10.3. The van der Waals surface area contributed by atoms with Crippen LogP contribution in [-0.2, 0) is 9.59 Å². The molecule has 2 fully saturated rings. The minimum atomic E-state index is -1.31. The standard InChI is InChI=1S/C23H31NO4S/c1-13-10-16-19(15(3)23(7-8-23)22(4,28)20(16)26)17(13)12-29-11-14(2)21(27)24-9-5-6-18(24)25/h10,14,18,25,28H,5-9,11-12H2,1-4H3. The van der Waals surface area contributed by atoms with Crippen molar-refractivity contribution >= 4 is 23.5 Å². The summed E-state index contributed by atoms with van der Waals surface area (Å²) in [6.07, 6.45) is 4.54. The van der Waals surface area contributed by atoms with Gasteiger partial charge in [-0.05, 0) is 69.2 Å². The van der Waals surface area contributed by atoms with Crippen molar-refractivity contribution in [1.29, 1.82) is 0 Å². The number of carbonyl (C=O) groups excluding carboxylic acids is 2. The maximum absolute atomic E-state index is 13.0. The van der Waals surface area contributed by atoms with Crippen molar-refractivity contribution in [2.75, 3.05) is 18.1 Å². The maximum Gasteiger partial charge on any atom is 0.228 e. The Hall–Kier alpha value is -1.37. The van der Waals surface area contributed by atoms with Crippen molar-refractivity contribution in [3.05, 3.63) is 33.9 Å². The number of aliphatic hydroxyl groups is 2. The molecule has 1 saturated heterocycles. The summed E-state index contributed by atoms with van der Waals surface area (Å²) in [5.74, 6) is 1.14. The Morgan fingerprint density at radius 1 is 1.38 bits per heavy atom. The first-order valence-electron chi connectivity index (χ1n) is 10.6. The normalized spacial score (nSPS) is 31.5. The predicted molar refractivity (Wildman–Crippen MR) is 114 cm³/mol. The lowest BCUT2D eigenvalue weighted by Crippen LogP contribution is -2.49. The van der Waals surface area contributed by atoms with Gasteiger partial charge in [-0.1, -0.05) is 12.5 Å². The third kappa shape index (κ3) is 3.06. The van der Waals surface area contributed by atoms with E-state index in [9.17, 15) is 19.8 Å². The van der Waals surface area contributed by atoms with Crippen LogP contribution in [0.15, 0.2) is 33.9 Å². The number of allylic oxidation sites excluding steroid dienone is 3. The van der Waals surface area contributed by atoms with Gasteiger partial charge in [0.15, 0.2) is 5.78 Å². The summed E-state index contributed by atoms with van der Waals surface area (Å²) in [6.45, 7) is 8.33. The summed E-state index contributed by atoms with van der Waals surface area (Å²) in [7, 11) is 0. The molecule has 1 saturated carbocycles. The van der Waals surface area contributed by atoms with Crippen LogP contribution in [0.25, 0.3) is 0 Å². The molecule has 1 aliphatic heterocycles. The highest BCUT2D eigenvalue weighted by molar-refractivity contribution is 7.99. The largest absolute Gasteiger partial charge is 0.381 e. The lowest BCUT2D eigenvalue weighted by Gasteiger charge is -2.39. The average molecular weight is 418 g/mol. The molecule has 0 bridgehead atoms. The van der Waals surface area contributed by atoms with Crippen LogP contribution in [0.5, 0.6) is 0 Å². The van der Waals surface area contributed by atoms with Crippen LogP contribution in [0.4, 0.5) is 0 Å². The first-order valence-corrected chi connectivity index (χ1v) is 11.7. The molecule has 6 heteroatoms. The quantitative estimate of drug-likeness (QED) is 0.719. The average Bonchev–Trinajstić information content (AvgIpc) is 3.29. The van der Waals surface area contributed by atoms with Gasteiger partial charge in [0, 0.05) is 35.0 Å². The molecule has 0 aromatic heterocycles. The van der Waals surface area contributed by atoms with Gasteiger partial charge in [-0.15, -0.1) is 0 Å². The zero-order valence-electron chi connectivity index (χ0n) is 17.7. The highest BCUT2D eigenvalue weighted by atomic mass is 32.2. The Kier molecular flexibility index (Phi) is 5.11. The van der Waals surface area contributed by atoms with Crippen molar-refractivity contribution in [3.8, 4) is 0 Å². The van der Waals surface area contributed by atoms with Crippen LogP contribution in [0.1, 0.15) is 53.4 Å². The number of amides is 1. The van der Waals surface area contributed by atoms with E-state index in [1.807, 2.05) is 19.9 Å². The van der Waals surface area contributed by atoms with Crippen molar-refractivity contribution in [2.45, 2.75) is 65.2 Å². The lowest BCUT2D eigenvalue weighted by atomic mass is 9.67. The second-order valence-electron chi connectivity index (χ2n) is 9.27. The van der Waals surface area contributed by atoms with E-state index >= 15 is 0 Å². The number of nitrogens with zero attached hydrogens (tertiary/aromatic N) is 1. The second kappa shape index (κ2) is 7.10. The van der Waals surface area contributed by atoms with Crippen molar-refractivity contribution in [2.24, 2.45) is 11.3 Å². The molecule has 2 N–H and O–H groups in total. The zero-order valence-corrected chi connectivity index (χ0v) is 18.6. The molecule has 1 amide bonds. The van der Waals surface area contributed by atoms with Gasteiger partial charge < -0.3 is 15.1 Å². The summed E-state index contributed by atoms with van der Waals surface area (Å²) >= 11 is 1.70. The number of fused-ring (bicyclic) bond motifs is 1. The van der Waals surface area contributed by atoms with Crippen LogP contribution >= 0.6 is 11.8 Å². The number of aliphatic hydroxyl groups excluding tert-OH is 1. The third-order valence-electron chi connectivity index (χ3n) is 7.41. The monoisotopic (exact) mass is 417 g/mol. The molecule has 0 radical (unpaired) electrons. The minimum absolute atomic E-state index is 0.0228. The van der Waals surface area contributed by atoms with E-state index in [2.05, 4.69) is 6.92 Å². The molecule has 4 rings (SSSR count). The highest BCUT2D eigenvalue weighted by Gasteiger charge is 2.65. The van der Waals surface area contributed by atoms with E-state index in [1.165, 1.54) is 5.57 Å². The third-order valence-corrected chi connectivity index (χ3v) is 8.64. The van der Waals surface area contributed by atoms with Gasteiger partial charge in [0.25, 0.3) is 0 Å². The van der Waals surface area contributed by atoms with E-state index in [0.29, 0.717) is 24.3 Å². The van der Waals surface area contributed by atoms with Gasteiger partial charge in [0.2, 0.25) is 5.91 Å². The molecule has 3 aliphatic carbocycles. The molecular weight excluding hydrogens is 386 g/mol. The number of Topliss-reactive ketones (excluding diaryl/α,β-unsaturated/α-hetero) is 1. The van der Waals surface area contributed by atoms with Crippen LogP contribution in [-0.4, -0.2) is 56.7 Å². The maximum atomic E-state index is 13.0. The van der Waals surface area contributed by atoms with Gasteiger partial charge in [-0.25, -0.2) is 0 Å². The molecule has 3 atom stereocenters. The molecule has 1 spiro atoms. The summed E-state index contributed by atoms with van der Waals surface area (Å²) in [4.78, 5) is 27.2. The number of hydrogen-bond acceptors (Lipinski definition) is 5. The van der Waals surface area contributed by atoms with Crippen LogP contribution in [0.2, 0.25) is 0 Å². The highest BCUT2D eigenvalue weighted by Crippen LogP contribution is 2.65. The first-order chi connectivity index (χ1) is 13.6. The number of likely N-dealkylation sites (tertiary alicyclic amines) is 1. The fourth-order valence-electron chi connectivity index (χ4n) is 5.30. The van der Waals surface area contributed by atoms with Gasteiger partial charge in [0.1, 0.15) is 11.8 Å². The summed E-state index contributed by atoms with van der Waals surface area (Å²) < 4.78 is 0. The van der Waals surface area contributed by atoms with Crippen LogP contribution < -0.4 is 0 Å². The molecule has 0 aromatic carbocycles. The number of rotatable bonds is 5. The Balaban J connectivity index is 1.46. The topological polar surface area (TPSA) is 77.8 Å². The smallest absolute Gasteiger partial charge is 0.228 e. The van der Waals surface area contributed by atoms with Crippen molar-refractivity contribution < 1.29 is 19.8 Å². The van der Waals surface area contributed by atoms with E-state index in [0.717, 1.165) is 41.7 Å². The van der Waals surface area contributed by atoms with Gasteiger partial charge >= 0.3 is 0 Å². The Labute approximate surface area is 176 Å². The fourth-order valence-corrected chi connectivity index (χ4v) is 6.49. The fraction of sp³-hybridized carbons (Fsp3) is 0.652. The molecule has 5 nitrogen and oxygen atoms in total. The van der Waals surface area contributed by atoms with E-state index < -0.39 is 17.2 Å². The molecule has 158 valence electrons. The summed E-state index contributed by atoms with van der Waals surface area (Å²) in [5.41, 5.74) is 3.38. The first kappa shape index (κ1) is 20.9. The van der Waals surface area contributed by atoms with Gasteiger partial charge in [-0.3, -0.25) is 9.59 Å². The Bertz CT molecular complexity index is 862. The Morgan fingerprint density at radius 3 is 2.66 bits per heavy atom. The van der Waals surface area contributed by atoms with E-state index in [4.69, 9.17) is 0 Å². The molecule has 3 unspecified atom stereocenters. The number of carbonyl (C=O) groups is 2. The number of ketones is 1. The minimum Gasteiger partial charge on any atom is -0.381 e. The Morgan fingerprint density at radius 2 is 2.07 bits per heavy atom. The van der Waals surface area contributed by atoms with Gasteiger partial charge in [0.05, 0.1) is 0 Å². The van der Waals surface area contributed by atoms with E-state index in [1.54, 1.807) is 23.6 Å². The zero-order chi connectivity index (χ0) is 21.1. The SMILES string of the molecule is CC1=C(CSCC(C)C(=O)N2CCCC2O)C2=C(C)C3(CC3)C(C)(O)C(=O)C2=C1. The molecular formula is C23H31NO4S. The summed E-state index contributed by atoms with van der Waals surface area (Å²) in [6, 6.07) is 0. The van der Waals surface area contributed by atoms with E-state index in [-0.39, 0.29) is 17.6 Å². The van der Waals surface area contributed by atoms with Crippen LogP contribution in [0, 0.1) is 11.3 Å².